The first kappa shape index (κ1) is 66.2. The Labute approximate surface area is 470 Å². The quantitative estimate of drug-likeness (QED) is 0.0334. The molecular weight excluding hydrogens is 957 g/mol. The highest BCUT2D eigenvalue weighted by Gasteiger charge is 2.35. The molecule has 3 rings (SSSR count). The van der Waals surface area contributed by atoms with E-state index in [0.717, 1.165) is 50.0 Å². The van der Waals surface area contributed by atoms with Gasteiger partial charge in [-0.2, -0.15) is 0 Å². The maximum Gasteiger partial charge on any atom is 0.120 e. The Hall–Kier alpha value is -3.06. The number of phenols is 1. The normalized spacial score (nSPS) is 13.6. The predicted molar refractivity (Wildman–Crippen MR) is 334 cm³/mol. The zero-order chi connectivity index (χ0) is 53.9. The van der Waals surface area contributed by atoms with Crippen LogP contribution in [0.15, 0.2) is 110 Å². The Balaban J connectivity index is 1.80. The van der Waals surface area contributed by atoms with E-state index in [1.165, 1.54) is 196 Å². The summed E-state index contributed by atoms with van der Waals surface area (Å²) in [5.41, 5.74) is 3.61. The van der Waals surface area contributed by atoms with Gasteiger partial charge in [-0.25, -0.2) is 0 Å². The van der Waals surface area contributed by atoms with E-state index in [0.29, 0.717) is 22.7 Å². The molecule has 0 aliphatic rings. The van der Waals surface area contributed by atoms with Gasteiger partial charge < -0.3 is 19.7 Å². The zero-order valence-corrected chi connectivity index (χ0v) is 50.3. The summed E-state index contributed by atoms with van der Waals surface area (Å²) in [5.74, 6) is 2.26. The monoisotopic (exact) mass is 1070 g/mol. The minimum Gasteiger partial charge on any atom is -0.508 e. The van der Waals surface area contributed by atoms with Gasteiger partial charge in [-0.15, -0.1) is 30.1 Å². The Morgan fingerprint density at radius 3 is 1.63 bits per heavy atom. The molecule has 0 saturated carbocycles. The molecule has 4 nitrogen and oxygen atoms in total. The Morgan fingerprint density at radius 2 is 1.04 bits per heavy atom. The van der Waals surface area contributed by atoms with Crippen LogP contribution in [0.25, 0.3) is 0 Å². The van der Waals surface area contributed by atoms with Gasteiger partial charge in [0.25, 0.3) is 0 Å². The highest BCUT2D eigenvalue weighted by Crippen LogP contribution is 2.52. The molecule has 0 spiro atoms. The smallest absolute Gasteiger partial charge is 0.120 e. The Morgan fingerprint density at radius 1 is 0.533 bits per heavy atom. The van der Waals surface area contributed by atoms with Crippen LogP contribution >= 0.6 is 23.5 Å². The third-order valence-electron chi connectivity index (χ3n) is 14.9. The first-order valence-corrected chi connectivity index (χ1v) is 32.4. The van der Waals surface area contributed by atoms with Crippen LogP contribution in [0, 0.1) is 0 Å². The second-order valence-corrected chi connectivity index (χ2v) is 26.0. The topological polar surface area (TPSA) is 58.9 Å². The van der Waals surface area contributed by atoms with Gasteiger partial charge in [0.05, 0.1) is 11.2 Å². The Bertz CT molecular complexity index is 1910. The van der Waals surface area contributed by atoms with Crippen LogP contribution in [0.4, 0.5) is 0 Å². The molecule has 0 amide bonds. The highest BCUT2D eigenvalue weighted by molar-refractivity contribution is 8.18. The third kappa shape index (κ3) is 33.1. The van der Waals surface area contributed by atoms with Gasteiger partial charge in [0.1, 0.15) is 22.8 Å². The first-order chi connectivity index (χ1) is 36.6. The molecule has 3 unspecified atom stereocenters. The SMILES string of the molecule is C=CCC/C=C/CC(CCCCCCCc1cccc(OC)c1)SC(C/C=C/CCCC)(CCCCCCCc1cccc(OC(C)(C)CCO)c1)SC(CCCCCCC)CCCCCCCc1cccc(O)c1. The number of aromatic hydroxyl groups is 1. The number of aryl methyl sites for hydroxylation is 3. The van der Waals surface area contributed by atoms with Crippen molar-refractivity contribution < 1.29 is 19.7 Å². The number of hydrogen-bond acceptors (Lipinski definition) is 6. The summed E-state index contributed by atoms with van der Waals surface area (Å²) >= 11 is 4.87. The molecule has 0 aromatic heterocycles. The number of aliphatic hydroxyl groups excluding tert-OH is 1. The molecule has 0 bridgehead atoms. The van der Waals surface area contributed by atoms with E-state index in [1.54, 1.807) is 13.2 Å². The summed E-state index contributed by atoms with van der Waals surface area (Å²) in [5, 5.41) is 20.8. The van der Waals surface area contributed by atoms with Crippen molar-refractivity contribution in [3.8, 4) is 17.2 Å². The molecule has 0 fully saturated rings. The van der Waals surface area contributed by atoms with Crippen molar-refractivity contribution in [3.63, 3.8) is 0 Å². The summed E-state index contributed by atoms with van der Waals surface area (Å²) in [6, 6.07) is 25.1. The minimum atomic E-state index is -0.379. The van der Waals surface area contributed by atoms with Crippen molar-refractivity contribution in [2.24, 2.45) is 0 Å². The summed E-state index contributed by atoms with van der Waals surface area (Å²) in [4.78, 5) is 0. The summed E-state index contributed by atoms with van der Waals surface area (Å²) in [6.45, 7) is 12.9. The lowest BCUT2D eigenvalue weighted by molar-refractivity contribution is 0.0764. The molecule has 422 valence electrons. The van der Waals surface area contributed by atoms with Crippen LogP contribution in [0.3, 0.4) is 0 Å². The molecule has 2 N–H and O–H groups in total. The fraction of sp³-hybridized carbons (Fsp3) is 0.652. The lowest BCUT2D eigenvalue weighted by Gasteiger charge is -2.39. The molecule has 0 aliphatic carbocycles. The maximum atomic E-state index is 9.98. The van der Waals surface area contributed by atoms with E-state index in [9.17, 15) is 10.2 Å². The van der Waals surface area contributed by atoms with E-state index in [1.807, 2.05) is 18.2 Å². The van der Waals surface area contributed by atoms with Crippen LogP contribution in [-0.4, -0.2) is 44.1 Å². The van der Waals surface area contributed by atoms with Gasteiger partial charge in [0.15, 0.2) is 0 Å². The lowest BCUT2D eigenvalue weighted by atomic mass is 10.0. The van der Waals surface area contributed by atoms with E-state index in [2.05, 4.69) is 137 Å². The van der Waals surface area contributed by atoms with E-state index in [-0.39, 0.29) is 16.3 Å². The van der Waals surface area contributed by atoms with Gasteiger partial charge in [-0.05, 0) is 163 Å². The van der Waals surface area contributed by atoms with Crippen LogP contribution in [0.1, 0.15) is 250 Å². The van der Waals surface area contributed by atoms with Gasteiger partial charge >= 0.3 is 0 Å². The van der Waals surface area contributed by atoms with Crippen LogP contribution < -0.4 is 9.47 Å². The number of unbranched alkanes of at least 4 members (excludes halogenated alkanes) is 19. The molecule has 0 aliphatic heterocycles. The molecule has 6 heteroatoms. The lowest BCUT2D eigenvalue weighted by Crippen LogP contribution is -2.29. The van der Waals surface area contributed by atoms with Crippen LogP contribution in [0.5, 0.6) is 17.2 Å². The summed E-state index contributed by atoms with van der Waals surface area (Å²) in [6.07, 6.45) is 55.5. The van der Waals surface area contributed by atoms with Crippen LogP contribution in [-0.2, 0) is 19.3 Å². The van der Waals surface area contributed by atoms with Crippen molar-refractivity contribution in [2.45, 2.75) is 273 Å². The van der Waals surface area contributed by atoms with Gasteiger partial charge in [-0.3, -0.25) is 0 Å². The fourth-order valence-electron chi connectivity index (χ4n) is 10.4. The summed E-state index contributed by atoms with van der Waals surface area (Å²) < 4.78 is 11.9. The zero-order valence-electron chi connectivity index (χ0n) is 48.7. The van der Waals surface area contributed by atoms with E-state index in [4.69, 9.17) is 9.47 Å². The number of hydrogen-bond donors (Lipinski definition) is 2. The number of aliphatic hydroxyl groups is 1. The molecule has 0 saturated heterocycles. The number of methoxy groups -OCH3 is 1. The highest BCUT2D eigenvalue weighted by atomic mass is 32.2. The number of phenolic OH excluding ortho intramolecular Hbond substituents is 1. The number of rotatable bonds is 49. The largest absolute Gasteiger partial charge is 0.508 e. The third-order valence-corrected chi connectivity index (χ3v) is 18.6. The van der Waals surface area contributed by atoms with Crippen LogP contribution in [0.2, 0.25) is 0 Å². The van der Waals surface area contributed by atoms with Crippen molar-refractivity contribution in [3.05, 3.63) is 126 Å². The molecule has 0 heterocycles. The van der Waals surface area contributed by atoms with Crippen molar-refractivity contribution >= 4 is 23.5 Å². The fourth-order valence-corrected chi connectivity index (χ4v) is 14.6. The number of thioether (sulfide) groups is 2. The summed E-state index contributed by atoms with van der Waals surface area (Å²) in [7, 11) is 1.76. The standard InChI is InChI=1S/C69H110O4S2/c1-7-10-13-19-31-49-66(51-33-24-16-21-28-40-60-43-37-46-63(71)57-60)74-69(53-35-26-15-12-9-3,54-36-27-18-23-30-42-62-45-39-48-65(59-62)73-68(4,5)55-56-70)75-67(50-32-20-14-11-8-2)52-34-25-17-22-29-41-61-44-38-47-64(58-61)72-6/h8,20,26,32,35,37-39,43-48,57-59,66-67,70-71H,2,7,9-19,21-25,27-31,33-34,36,40-42,49-56H2,1,3-6H3/b32-20+,35-26+. The molecule has 75 heavy (non-hydrogen) atoms. The second kappa shape index (κ2) is 42.9. The average molecular weight is 1070 g/mol. The number of benzene rings is 3. The minimum absolute atomic E-state index is 0.132. The van der Waals surface area contributed by atoms with E-state index < -0.39 is 0 Å². The van der Waals surface area contributed by atoms with Crippen molar-refractivity contribution in [1.82, 2.24) is 0 Å². The van der Waals surface area contributed by atoms with Crippen molar-refractivity contribution in [1.29, 1.82) is 0 Å². The molecular formula is C69H110O4S2. The Kier molecular flexibility index (Phi) is 37.9. The van der Waals surface area contributed by atoms with Gasteiger partial charge in [0, 0.05) is 23.5 Å². The molecule has 3 aromatic carbocycles. The van der Waals surface area contributed by atoms with Gasteiger partial charge in [0.2, 0.25) is 0 Å². The maximum absolute atomic E-state index is 9.98. The van der Waals surface area contributed by atoms with Gasteiger partial charge in [-0.1, -0.05) is 203 Å². The first-order valence-electron chi connectivity index (χ1n) is 30.7. The number of ether oxygens (including phenoxy) is 2. The van der Waals surface area contributed by atoms with Crippen molar-refractivity contribution in [2.75, 3.05) is 13.7 Å². The average Bonchev–Trinajstić information content (AvgIpc) is 3.39. The molecule has 0 radical (unpaired) electrons. The molecule has 3 aromatic rings. The number of allylic oxidation sites excluding steroid dienone is 5. The molecule has 3 atom stereocenters. The predicted octanol–water partition coefficient (Wildman–Crippen LogP) is 21.3. The second-order valence-electron chi connectivity index (χ2n) is 22.4. The van der Waals surface area contributed by atoms with E-state index >= 15 is 0 Å².